The predicted octanol–water partition coefficient (Wildman–Crippen LogP) is 1.85. The average Bonchev–Trinajstić information content (AvgIpc) is 2.78. The summed E-state index contributed by atoms with van der Waals surface area (Å²) in [5.41, 5.74) is -0.121. The normalized spacial score (nSPS) is 20.0. The van der Waals surface area contributed by atoms with E-state index >= 15 is 0 Å². The molecule has 7 heteroatoms. The molecule has 0 bridgehead atoms. The molecule has 1 aliphatic heterocycles. The van der Waals surface area contributed by atoms with Gasteiger partial charge >= 0.3 is 0 Å². The van der Waals surface area contributed by atoms with Gasteiger partial charge in [0.1, 0.15) is 5.82 Å². The number of hydrogen-bond donors (Lipinski definition) is 0. The van der Waals surface area contributed by atoms with Crippen molar-refractivity contribution in [3.05, 3.63) is 34.1 Å². The largest absolute Gasteiger partial charge is 0.323 e. The lowest BCUT2D eigenvalue weighted by Crippen LogP contribution is -2.41. The molecule has 1 heterocycles. The van der Waals surface area contributed by atoms with E-state index in [0.717, 1.165) is 0 Å². The molecule has 21 heavy (non-hydrogen) atoms. The fraction of sp³-hybridized carbons (Fsp3) is 0.357. The molecule has 0 aliphatic carbocycles. The highest BCUT2D eigenvalue weighted by Gasteiger charge is 2.35. The van der Waals surface area contributed by atoms with Gasteiger partial charge in [0.05, 0.1) is 23.6 Å². The minimum absolute atomic E-state index is 0.0208. The van der Waals surface area contributed by atoms with E-state index in [1.54, 1.807) is 0 Å². The Kier molecular flexibility index (Phi) is 4.69. The van der Waals surface area contributed by atoms with E-state index < -0.39 is 27.6 Å². The van der Waals surface area contributed by atoms with Gasteiger partial charge in [-0.25, -0.2) is 12.8 Å². The van der Waals surface area contributed by atoms with Gasteiger partial charge in [-0.3, -0.25) is 4.79 Å². The minimum atomic E-state index is -3.16. The molecule has 1 aromatic carbocycles. The van der Waals surface area contributed by atoms with E-state index in [1.807, 2.05) is 0 Å². The molecule has 1 atom stereocenters. The zero-order chi connectivity index (χ0) is 15.6. The zero-order valence-electron chi connectivity index (χ0n) is 11.1. The van der Waals surface area contributed by atoms with Crippen LogP contribution in [0.2, 0.25) is 0 Å². The second-order valence-electron chi connectivity index (χ2n) is 4.82. The van der Waals surface area contributed by atoms with Crippen LogP contribution in [0.3, 0.4) is 0 Å². The summed E-state index contributed by atoms with van der Waals surface area (Å²) in [7, 11) is -3.16. The molecule has 2 rings (SSSR count). The third-order valence-corrected chi connectivity index (χ3v) is 5.57. The first kappa shape index (κ1) is 16.0. The molecule has 1 unspecified atom stereocenters. The third kappa shape index (κ3) is 3.63. The molecule has 0 radical (unpaired) electrons. The Labute approximate surface area is 131 Å². The predicted molar refractivity (Wildman–Crippen MR) is 81.0 cm³/mol. The highest BCUT2D eigenvalue weighted by molar-refractivity contribution is 9.10. The van der Waals surface area contributed by atoms with Gasteiger partial charge in [-0.1, -0.05) is 21.9 Å². The lowest BCUT2D eigenvalue weighted by Gasteiger charge is -2.26. The first-order valence-electron chi connectivity index (χ1n) is 6.24. The maximum atomic E-state index is 13.8. The lowest BCUT2D eigenvalue weighted by atomic mass is 10.1. The third-order valence-electron chi connectivity index (χ3n) is 3.33. The molecule has 4 nitrogen and oxygen atoms in total. The zero-order valence-corrected chi connectivity index (χ0v) is 13.5. The van der Waals surface area contributed by atoms with E-state index in [0.29, 0.717) is 10.9 Å². The van der Waals surface area contributed by atoms with Gasteiger partial charge in [-0.2, -0.15) is 0 Å². The van der Waals surface area contributed by atoms with E-state index in [4.69, 9.17) is 6.42 Å². The van der Waals surface area contributed by atoms with E-state index in [1.165, 1.54) is 23.1 Å². The number of halogens is 2. The van der Waals surface area contributed by atoms with Crippen molar-refractivity contribution in [2.24, 2.45) is 0 Å². The first-order valence-corrected chi connectivity index (χ1v) is 8.85. The molecule has 0 aromatic heterocycles. The Balaban J connectivity index is 2.32. The van der Waals surface area contributed by atoms with Crippen molar-refractivity contribution in [1.29, 1.82) is 0 Å². The van der Waals surface area contributed by atoms with Gasteiger partial charge in [0.15, 0.2) is 9.84 Å². The van der Waals surface area contributed by atoms with Crippen molar-refractivity contribution in [2.45, 2.75) is 12.5 Å². The molecule has 0 saturated carbocycles. The fourth-order valence-corrected chi connectivity index (χ4v) is 4.39. The van der Waals surface area contributed by atoms with E-state index in [2.05, 4.69) is 21.9 Å². The molecule has 1 fully saturated rings. The van der Waals surface area contributed by atoms with Gasteiger partial charge < -0.3 is 4.90 Å². The van der Waals surface area contributed by atoms with Crippen molar-refractivity contribution >= 4 is 31.7 Å². The molecule has 0 spiro atoms. The summed E-state index contributed by atoms with van der Waals surface area (Å²) in [6, 6.07) is 3.52. The summed E-state index contributed by atoms with van der Waals surface area (Å²) in [6.45, 7) is -0.0506. The Morgan fingerprint density at radius 1 is 1.52 bits per heavy atom. The number of benzene rings is 1. The highest BCUT2D eigenvalue weighted by Crippen LogP contribution is 2.22. The van der Waals surface area contributed by atoms with Crippen molar-refractivity contribution in [2.75, 3.05) is 18.1 Å². The summed E-state index contributed by atoms with van der Waals surface area (Å²) in [5.74, 6) is 0.975. The van der Waals surface area contributed by atoms with Crippen LogP contribution in [0.1, 0.15) is 16.8 Å². The van der Waals surface area contributed by atoms with Crippen LogP contribution in [0.25, 0.3) is 0 Å². The van der Waals surface area contributed by atoms with Gasteiger partial charge in [0.25, 0.3) is 5.91 Å². The Morgan fingerprint density at radius 3 is 2.81 bits per heavy atom. The summed E-state index contributed by atoms with van der Waals surface area (Å²) < 4.78 is 37.5. The number of carbonyl (C=O) groups is 1. The number of nitrogens with zero attached hydrogens (tertiary/aromatic N) is 1. The molecular weight excluding hydrogens is 361 g/mol. The van der Waals surface area contributed by atoms with Crippen LogP contribution < -0.4 is 0 Å². The lowest BCUT2D eigenvalue weighted by molar-refractivity contribution is 0.0719. The Bertz CT molecular complexity index is 711. The second-order valence-corrected chi connectivity index (χ2v) is 7.96. The highest BCUT2D eigenvalue weighted by atomic mass is 79.9. The molecule has 1 amide bonds. The van der Waals surface area contributed by atoms with Crippen molar-refractivity contribution < 1.29 is 17.6 Å². The van der Waals surface area contributed by atoms with Crippen LogP contribution in [0.15, 0.2) is 22.7 Å². The quantitative estimate of drug-likeness (QED) is 0.759. The van der Waals surface area contributed by atoms with Crippen molar-refractivity contribution in [3.8, 4) is 12.3 Å². The number of amides is 1. The van der Waals surface area contributed by atoms with Crippen molar-refractivity contribution in [1.82, 2.24) is 4.90 Å². The van der Waals surface area contributed by atoms with Gasteiger partial charge in [0, 0.05) is 10.5 Å². The molecule has 112 valence electrons. The fourth-order valence-electron chi connectivity index (χ4n) is 2.30. The summed E-state index contributed by atoms with van der Waals surface area (Å²) in [5, 5.41) is 0. The molecule has 1 saturated heterocycles. The number of rotatable bonds is 3. The maximum absolute atomic E-state index is 13.8. The molecule has 1 aromatic rings. The standard InChI is InChI=1S/C14H13BrFNO3S/c1-2-6-17(11-5-7-21(19,20)9-11)14(18)12-8-10(15)3-4-13(12)16/h1,3-4,8,11H,5-7,9H2. The monoisotopic (exact) mass is 373 g/mol. The second kappa shape index (κ2) is 6.16. The van der Waals surface area contributed by atoms with Crippen LogP contribution >= 0.6 is 15.9 Å². The minimum Gasteiger partial charge on any atom is -0.323 e. The number of sulfone groups is 1. The van der Waals surface area contributed by atoms with Crippen molar-refractivity contribution in [3.63, 3.8) is 0 Å². The van der Waals surface area contributed by atoms with Crippen LogP contribution in [0, 0.1) is 18.2 Å². The van der Waals surface area contributed by atoms with Gasteiger partial charge in [0.2, 0.25) is 0 Å². The van der Waals surface area contributed by atoms with Crippen LogP contribution in [0.5, 0.6) is 0 Å². The molecule has 1 aliphatic rings. The maximum Gasteiger partial charge on any atom is 0.257 e. The topological polar surface area (TPSA) is 54.5 Å². The summed E-state index contributed by atoms with van der Waals surface area (Å²) >= 11 is 3.18. The summed E-state index contributed by atoms with van der Waals surface area (Å²) in [6.07, 6.45) is 5.58. The number of carbonyl (C=O) groups excluding carboxylic acids is 1. The Morgan fingerprint density at radius 2 is 2.24 bits per heavy atom. The smallest absolute Gasteiger partial charge is 0.257 e. The average molecular weight is 374 g/mol. The van der Waals surface area contributed by atoms with Crippen LogP contribution in [-0.2, 0) is 9.84 Å². The van der Waals surface area contributed by atoms with Crippen LogP contribution in [0.4, 0.5) is 4.39 Å². The van der Waals surface area contributed by atoms with Crippen LogP contribution in [-0.4, -0.2) is 43.3 Å². The molecular formula is C14H13BrFNO3S. The Hall–Kier alpha value is -1.39. The number of terminal acetylenes is 1. The van der Waals surface area contributed by atoms with E-state index in [9.17, 15) is 17.6 Å². The molecule has 0 N–H and O–H groups in total. The first-order chi connectivity index (χ1) is 9.84. The van der Waals surface area contributed by atoms with Gasteiger partial charge in [-0.15, -0.1) is 6.42 Å². The van der Waals surface area contributed by atoms with E-state index in [-0.39, 0.29) is 23.6 Å². The number of hydrogen-bond acceptors (Lipinski definition) is 3. The van der Waals surface area contributed by atoms with Gasteiger partial charge in [-0.05, 0) is 24.6 Å². The SMILES string of the molecule is C#CCN(C(=O)c1cc(Br)ccc1F)C1CCS(=O)(=O)C1. The summed E-state index contributed by atoms with van der Waals surface area (Å²) in [4.78, 5) is 13.7.